The van der Waals surface area contributed by atoms with Crippen LogP contribution in [0.1, 0.15) is 27.7 Å². The summed E-state index contributed by atoms with van der Waals surface area (Å²) >= 11 is 0. The normalized spacial score (nSPS) is 12.5. The zero-order valence-electron chi connectivity index (χ0n) is 10.9. The molecule has 0 aromatic heterocycles. The SMILES string of the molecule is CCS(=O)(=O)c1ccc(NCC(C)(C)C)cc1. The number of rotatable bonds is 4. The molecule has 4 heteroatoms. The highest BCUT2D eigenvalue weighted by Gasteiger charge is 2.12. The quantitative estimate of drug-likeness (QED) is 0.899. The van der Waals surface area contributed by atoms with E-state index in [0.717, 1.165) is 12.2 Å². The molecule has 96 valence electrons. The Morgan fingerprint density at radius 2 is 1.65 bits per heavy atom. The molecule has 1 N–H and O–H groups in total. The van der Waals surface area contributed by atoms with Crippen LogP contribution in [-0.2, 0) is 9.84 Å². The summed E-state index contributed by atoms with van der Waals surface area (Å²) in [5.41, 5.74) is 1.16. The van der Waals surface area contributed by atoms with Gasteiger partial charge in [-0.2, -0.15) is 0 Å². The molecule has 17 heavy (non-hydrogen) atoms. The lowest BCUT2D eigenvalue weighted by molar-refractivity contribution is 0.443. The van der Waals surface area contributed by atoms with Gasteiger partial charge in [-0.1, -0.05) is 27.7 Å². The fraction of sp³-hybridized carbons (Fsp3) is 0.538. The van der Waals surface area contributed by atoms with Crippen molar-refractivity contribution >= 4 is 15.5 Å². The molecule has 1 aromatic rings. The van der Waals surface area contributed by atoms with Gasteiger partial charge in [0, 0.05) is 12.2 Å². The predicted molar refractivity (Wildman–Crippen MR) is 72.1 cm³/mol. The van der Waals surface area contributed by atoms with Gasteiger partial charge in [-0.15, -0.1) is 0 Å². The van der Waals surface area contributed by atoms with E-state index in [1.807, 2.05) is 12.1 Å². The zero-order chi connectivity index (χ0) is 13.1. The van der Waals surface area contributed by atoms with Crippen molar-refractivity contribution in [3.05, 3.63) is 24.3 Å². The number of hydrogen-bond acceptors (Lipinski definition) is 3. The molecule has 0 heterocycles. The van der Waals surface area contributed by atoms with Gasteiger partial charge in [0.2, 0.25) is 0 Å². The molecular weight excluding hydrogens is 234 g/mol. The number of anilines is 1. The Hall–Kier alpha value is -1.03. The summed E-state index contributed by atoms with van der Waals surface area (Å²) in [6.07, 6.45) is 0. The third-order valence-electron chi connectivity index (χ3n) is 2.42. The fourth-order valence-electron chi connectivity index (χ4n) is 1.31. The van der Waals surface area contributed by atoms with Crippen LogP contribution in [0.15, 0.2) is 29.2 Å². The maximum Gasteiger partial charge on any atom is 0.178 e. The lowest BCUT2D eigenvalue weighted by Gasteiger charge is -2.19. The standard InChI is InChI=1S/C13H21NO2S/c1-5-17(15,16)12-8-6-11(7-9-12)14-10-13(2,3)4/h6-9,14H,5,10H2,1-4H3. The largest absolute Gasteiger partial charge is 0.385 e. The first kappa shape index (κ1) is 14.0. The van der Waals surface area contributed by atoms with Crippen LogP contribution < -0.4 is 5.32 Å². The predicted octanol–water partition coefficient (Wildman–Crippen LogP) is 2.94. The van der Waals surface area contributed by atoms with Gasteiger partial charge in [0.15, 0.2) is 9.84 Å². The number of sulfone groups is 1. The van der Waals surface area contributed by atoms with E-state index in [1.54, 1.807) is 19.1 Å². The van der Waals surface area contributed by atoms with Crippen molar-refractivity contribution in [1.29, 1.82) is 0 Å². The highest BCUT2D eigenvalue weighted by atomic mass is 32.2. The van der Waals surface area contributed by atoms with Crippen molar-refractivity contribution in [3.8, 4) is 0 Å². The van der Waals surface area contributed by atoms with E-state index >= 15 is 0 Å². The van der Waals surface area contributed by atoms with Crippen LogP contribution in [0.2, 0.25) is 0 Å². The molecule has 1 rings (SSSR count). The van der Waals surface area contributed by atoms with Crippen molar-refractivity contribution in [2.75, 3.05) is 17.6 Å². The summed E-state index contributed by atoms with van der Waals surface area (Å²) in [6.45, 7) is 8.95. The molecule has 0 saturated heterocycles. The van der Waals surface area contributed by atoms with Gasteiger partial charge < -0.3 is 5.32 Å². The van der Waals surface area contributed by atoms with E-state index in [-0.39, 0.29) is 11.2 Å². The second-order valence-corrected chi connectivity index (χ2v) is 7.62. The summed E-state index contributed by atoms with van der Waals surface area (Å²) in [5, 5.41) is 3.29. The summed E-state index contributed by atoms with van der Waals surface area (Å²) in [7, 11) is -3.09. The van der Waals surface area contributed by atoms with Gasteiger partial charge in [0.05, 0.1) is 10.6 Å². The number of nitrogens with one attached hydrogen (secondary N) is 1. The minimum absolute atomic E-state index is 0.141. The lowest BCUT2D eigenvalue weighted by Crippen LogP contribution is -2.18. The van der Waals surface area contributed by atoms with Gasteiger partial charge in [-0.3, -0.25) is 0 Å². The van der Waals surface area contributed by atoms with Crippen molar-refractivity contribution < 1.29 is 8.42 Å². The van der Waals surface area contributed by atoms with E-state index in [9.17, 15) is 8.42 Å². The van der Waals surface area contributed by atoms with E-state index in [0.29, 0.717) is 4.90 Å². The van der Waals surface area contributed by atoms with Crippen LogP contribution in [0.5, 0.6) is 0 Å². The molecule has 0 fully saturated rings. The summed E-state index contributed by atoms with van der Waals surface area (Å²) in [5.74, 6) is 0.141. The third kappa shape index (κ3) is 4.38. The summed E-state index contributed by atoms with van der Waals surface area (Å²) < 4.78 is 23.2. The molecule has 0 unspecified atom stereocenters. The van der Waals surface area contributed by atoms with E-state index < -0.39 is 9.84 Å². The average Bonchev–Trinajstić information content (AvgIpc) is 2.26. The minimum Gasteiger partial charge on any atom is -0.385 e. The molecule has 0 spiro atoms. The second kappa shape index (κ2) is 5.08. The second-order valence-electron chi connectivity index (χ2n) is 5.34. The molecule has 3 nitrogen and oxygen atoms in total. The van der Waals surface area contributed by atoms with Crippen LogP contribution in [0.3, 0.4) is 0 Å². The Bertz CT molecular complexity index is 455. The van der Waals surface area contributed by atoms with Crippen LogP contribution in [-0.4, -0.2) is 20.7 Å². The number of hydrogen-bond donors (Lipinski definition) is 1. The summed E-state index contributed by atoms with van der Waals surface area (Å²) in [4.78, 5) is 0.390. The van der Waals surface area contributed by atoms with Crippen molar-refractivity contribution in [3.63, 3.8) is 0 Å². The minimum atomic E-state index is -3.09. The van der Waals surface area contributed by atoms with Gasteiger partial charge in [0.25, 0.3) is 0 Å². The molecule has 0 radical (unpaired) electrons. The van der Waals surface area contributed by atoms with Crippen molar-refractivity contribution in [1.82, 2.24) is 0 Å². The Labute approximate surface area is 104 Å². The Morgan fingerprint density at radius 3 is 2.06 bits per heavy atom. The molecule has 0 aliphatic carbocycles. The van der Waals surface area contributed by atoms with Crippen molar-refractivity contribution in [2.45, 2.75) is 32.6 Å². The zero-order valence-corrected chi connectivity index (χ0v) is 11.8. The Kier molecular flexibility index (Phi) is 4.20. The molecule has 0 aliphatic rings. The highest BCUT2D eigenvalue weighted by Crippen LogP contribution is 2.18. The fourth-order valence-corrected chi connectivity index (χ4v) is 2.20. The summed E-state index contributed by atoms with van der Waals surface area (Å²) in [6, 6.07) is 6.94. The first-order valence-corrected chi connectivity index (χ1v) is 7.46. The first-order chi connectivity index (χ1) is 7.74. The molecule has 0 aliphatic heterocycles. The molecule has 0 atom stereocenters. The van der Waals surface area contributed by atoms with E-state index in [2.05, 4.69) is 26.1 Å². The van der Waals surface area contributed by atoms with Crippen LogP contribution in [0, 0.1) is 5.41 Å². The topological polar surface area (TPSA) is 46.2 Å². The maximum atomic E-state index is 11.6. The number of benzene rings is 1. The van der Waals surface area contributed by atoms with Crippen LogP contribution >= 0.6 is 0 Å². The van der Waals surface area contributed by atoms with E-state index in [4.69, 9.17) is 0 Å². The Morgan fingerprint density at radius 1 is 1.12 bits per heavy atom. The lowest BCUT2D eigenvalue weighted by atomic mass is 9.97. The van der Waals surface area contributed by atoms with Gasteiger partial charge in [0.1, 0.15) is 0 Å². The third-order valence-corrected chi connectivity index (χ3v) is 4.17. The molecule has 0 amide bonds. The van der Waals surface area contributed by atoms with Gasteiger partial charge in [-0.25, -0.2) is 8.42 Å². The molecule has 1 aromatic carbocycles. The maximum absolute atomic E-state index is 11.6. The Balaban J connectivity index is 2.76. The van der Waals surface area contributed by atoms with E-state index in [1.165, 1.54) is 0 Å². The molecule has 0 bridgehead atoms. The molecular formula is C13H21NO2S. The highest BCUT2D eigenvalue weighted by molar-refractivity contribution is 7.91. The molecule has 0 saturated carbocycles. The monoisotopic (exact) mass is 255 g/mol. The smallest absolute Gasteiger partial charge is 0.178 e. The van der Waals surface area contributed by atoms with Crippen LogP contribution in [0.4, 0.5) is 5.69 Å². The van der Waals surface area contributed by atoms with Crippen LogP contribution in [0.25, 0.3) is 0 Å². The van der Waals surface area contributed by atoms with Gasteiger partial charge in [-0.05, 0) is 29.7 Å². The van der Waals surface area contributed by atoms with Crippen molar-refractivity contribution in [2.24, 2.45) is 5.41 Å². The first-order valence-electron chi connectivity index (χ1n) is 5.81. The van der Waals surface area contributed by atoms with Gasteiger partial charge >= 0.3 is 0 Å². The average molecular weight is 255 g/mol.